The number of rotatable bonds is 2. The van der Waals surface area contributed by atoms with E-state index >= 15 is 0 Å². The summed E-state index contributed by atoms with van der Waals surface area (Å²) in [5.74, 6) is -2.00. The number of hydrogen-bond acceptors (Lipinski definition) is 1. The minimum atomic E-state index is -4.23. The van der Waals surface area contributed by atoms with Gasteiger partial charge in [-0.3, -0.25) is 0 Å². The summed E-state index contributed by atoms with van der Waals surface area (Å²) in [6, 6.07) is 1.54. The quantitative estimate of drug-likeness (QED) is 0.617. The summed E-state index contributed by atoms with van der Waals surface area (Å²) in [6.45, 7) is 2.94. The first-order valence-electron chi connectivity index (χ1n) is 3.33. The molecule has 11 heavy (non-hydrogen) atoms. The van der Waals surface area contributed by atoms with Gasteiger partial charge in [-0.25, -0.2) is 0 Å². The molecule has 0 spiro atoms. The second kappa shape index (κ2) is 3.61. The fraction of sp³-hybridized carbons (Fsp3) is 0.857. The van der Waals surface area contributed by atoms with Crippen LogP contribution in [0.5, 0.6) is 0 Å². The van der Waals surface area contributed by atoms with Crippen LogP contribution in [0.2, 0.25) is 0 Å². The SMILES string of the molecule is CC(C)C(CC#N)C(F)(F)F. The van der Waals surface area contributed by atoms with Gasteiger partial charge in [0.1, 0.15) is 0 Å². The Bertz CT molecular complexity index is 154. The summed E-state index contributed by atoms with van der Waals surface area (Å²) < 4.78 is 36.0. The molecule has 0 fully saturated rings. The molecule has 0 bridgehead atoms. The molecule has 0 aromatic rings. The lowest BCUT2D eigenvalue weighted by molar-refractivity contribution is -0.184. The highest BCUT2D eigenvalue weighted by Crippen LogP contribution is 2.33. The van der Waals surface area contributed by atoms with Crippen molar-refractivity contribution in [1.29, 1.82) is 5.26 Å². The van der Waals surface area contributed by atoms with Crippen LogP contribution in [0, 0.1) is 23.2 Å². The highest BCUT2D eigenvalue weighted by Gasteiger charge is 2.41. The van der Waals surface area contributed by atoms with E-state index in [-0.39, 0.29) is 0 Å². The molecule has 0 radical (unpaired) electrons. The molecule has 0 heterocycles. The van der Waals surface area contributed by atoms with Gasteiger partial charge < -0.3 is 0 Å². The summed E-state index contributed by atoms with van der Waals surface area (Å²) in [5.41, 5.74) is 0. The lowest BCUT2D eigenvalue weighted by Gasteiger charge is -2.20. The largest absolute Gasteiger partial charge is 0.393 e. The van der Waals surface area contributed by atoms with Crippen molar-refractivity contribution in [3.05, 3.63) is 0 Å². The van der Waals surface area contributed by atoms with Crippen molar-refractivity contribution in [3.8, 4) is 6.07 Å². The number of nitriles is 1. The number of alkyl halides is 3. The molecule has 0 aromatic carbocycles. The van der Waals surface area contributed by atoms with Gasteiger partial charge in [0.2, 0.25) is 0 Å². The van der Waals surface area contributed by atoms with Gasteiger partial charge in [0.25, 0.3) is 0 Å². The van der Waals surface area contributed by atoms with Crippen molar-refractivity contribution in [2.24, 2.45) is 11.8 Å². The number of hydrogen-bond donors (Lipinski definition) is 0. The molecule has 0 aliphatic carbocycles. The predicted octanol–water partition coefficient (Wildman–Crippen LogP) is 2.73. The summed E-state index contributed by atoms with van der Waals surface area (Å²) in [7, 11) is 0. The van der Waals surface area contributed by atoms with Crippen LogP contribution in [0.25, 0.3) is 0 Å². The summed E-state index contributed by atoms with van der Waals surface area (Å²) in [6.07, 6.45) is -4.68. The second-order valence-electron chi connectivity index (χ2n) is 2.75. The van der Waals surface area contributed by atoms with Gasteiger partial charge >= 0.3 is 6.18 Å². The topological polar surface area (TPSA) is 23.8 Å². The van der Waals surface area contributed by atoms with Gasteiger partial charge in [-0.15, -0.1) is 0 Å². The smallest absolute Gasteiger partial charge is 0.198 e. The van der Waals surface area contributed by atoms with Crippen molar-refractivity contribution in [2.75, 3.05) is 0 Å². The van der Waals surface area contributed by atoms with Crippen LogP contribution in [-0.2, 0) is 0 Å². The zero-order valence-corrected chi connectivity index (χ0v) is 6.44. The minimum absolute atomic E-state index is 0.443. The molecule has 0 rings (SSSR count). The molecule has 0 saturated carbocycles. The molecule has 0 saturated heterocycles. The molecule has 1 unspecified atom stereocenters. The van der Waals surface area contributed by atoms with Gasteiger partial charge in [-0.1, -0.05) is 13.8 Å². The van der Waals surface area contributed by atoms with Crippen molar-refractivity contribution < 1.29 is 13.2 Å². The highest BCUT2D eigenvalue weighted by atomic mass is 19.4. The third kappa shape index (κ3) is 3.26. The Labute approximate surface area is 63.8 Å². The first kappa shape index (κ1) is 10.3. The normalized spacial score (nSPS) is 14.6. The van der Waals surface area contributed by atoms with Gasteiger partial charge in [0.05, 0.1) is 12.0 Å². The Kier molecular flexibility index (Phi) is 3.37. The molecule has 0 aliphatic rings. The molecular formula is C7H10F3N. The van der Waals surface area contributed by atoms with E-state index in [9.17, 15) is 13.2 Å². The van der Waals surface area contributed by atoms with Crippen LogP contribution >= 0.6 is 0 Å². The zero-order chi connectivity index (χ0) is 9.07. The van der Waals surface area contributed by atoms with Gasteiger partial charge in [0.15, 0.2) is 0 Å². The summed E-state index contributed by atoms with van der Waals surface area (Å²) in [4.78, 5) is 0. The average Bonchev–Trinajstić information content (AvgIpc) is 1.79. The maximum Gasteiger partial charge on any atom is 0.393 e. The number of nitrogens with zero attached hydrogens (tertiary/aromatic N) is 1. The Balaban J connectivity index is 4.25. The van der Waals surface area contributed by atoms with Gasteiger partial charge in [-0.05, 0) is 5.92 Å². The Hall–Kier alpha value is -0.720. The van der Waals surface area contributed by atoms with E-state index in [4.69, 9.17) is 5.26 Å². The molecule has 4 heteroatoms. The van der Waals surface area contributed by atoms with E-state index in [2.05, 4.69) is 0 Å². The fourth-order valence-corrected chi connectivity index (χ4v) is 0.828. The van der Waals surface area contributed by atoms with Crippen molar-refractivity contribution >= 4 is 0 Å². The van der Waals surface area contributed by atoms with Gasteiger partial charge in [-0.2, -0.15) is 18.4 Å². The molecular weight excluding hydrogens is 155 g/mol. The van der Waals surface area contributed by atoms with E-state index in [1.165, 1.54) is 19.9 Å². The van der Waals surface area contributed by atoms with Crippen LogP contribution < -0.4 is 0 Å². The standard InChI is InChI=1S/C7H10F3N/c1-5(2)6(3-4-11)7(8,9)10/h5-6H,3H2,1-2H3. The third-order valence-electron chi connectivity index (χ3n) is 1.54. The molecule has 0 aromatic heterocycles. The van der Waals surface area contributed by atoms with Crippen LogP contribution in [0.15, 0.2) is 0 Å². The van der Waals surface area contributed by atoms with Crippen molar-refractivity contribution in [1.82, 2.24) is 0 Å². The van der Waals surface area contributed by atoms with Crippen LogP contribution in [0.1, 0.15) is 20.3 Å². The van der Waals surface area contributed by atoms with E-state index in [0.29, 0.717) is 0 Å². The fourth-order valence-electron chi connectivity index (χ4n) is 0.828. The van der Waals surface area contributed by atoms with Crippen molar-refractivity contribution in [2.45, 2.75) is 26.4 Å². The van der Waals surface area contributed by atoms with E-state index in [0.717, 1.165) is 0 Å². The predicted molar refractivity (Wildman–Crippen MR) is 34.6 cm³/mol. The maximum atomic E-state index is 12.0. The maximum absolute atomic E-state index is 12.0. The molecule has 1 atom stereocenters. The van der Waals surface area contributed by atoms with E-state index < -0.39 is 24.4 Å². The highest BCUT2D eigenvalue weighted by molar-refractivity contribution is 4.81. The molecule has 0 aliphatic heterocycles. The monoisotopic (exact) mass is 165 g/mol. The van der Waals surface area contributed by atoms with E-state index in [1.54, 1.807) is 0 Å². The number of halogens is 3. The third-order valence-corrected chi connectivity index (χ3v) is 1.54. The Morgan fingerprint density at radius 2 is 1.82 bits per heavy atom. The van der Waals surface area contributed by atoms with E-state index in [1.807, 2.05) is 0 Å². The zero-order valence-electron chi connectivity index (χ0n) is 6.44. The first-order valence-corrected chi connectivity index (χ1v) is 3.33. The molecule has 0 N–H and O–H groups in total. The minimum Gasteiger partial charge on any atom is -0.198 e. The lowest BCUT2D eigenvalue weighted by atomic mass is 9.93. The summed E-state index contributed by atoms with van der Waals surface area (Å²) in [5, 5.41) is 8.10. The first-order chi connectivity index (χ1) is 4.89. The molecule has 0 amide bonds. The summed E-state index contributed by atoms with van der Waals surface area (Å²) >= 11 is 0. The van der Waals surface area contributed by atoms with Gasteiger partial charge in [0, 0.05) is 6.42 Å². The molecule has 1 nitrogen and oxygen atoms in total. The Morgan fingerprint density at radius 3 is 1.91 bits per heavy atom. The van der Waals surface area contributed by atoms with Crippen LogP contribution in [0.3, 0.4) is 0 Å². The second-order valence-corrected chi connectivity index (χ2v) is 2.75. The Morgan fingerprint density at radius 1 is 1.36 bits per heavy atom. The lowest BCUT2D eigenvalue weighted by Crippen LogP contribution is -2.27. The van der Waals surface area contributed by atoms with Crippen LogP contribution in [-0.4, -0.2) is 6.18 Å². The average molecular weight is 165 g/mol. The van der Waals surface area contributed by atoms with Crippen molar-refractivity contribution in [3.63, 3.8) is 0 Å². The van der Waals surface area contributed by atoms with Crippen LogP contribution in [0.4, 0.5) is 13.2 Å². The molecule has 64 valence electrons.